The second-order valence-electron chi connectivity index (χ2n) is 10.9. The highest BCUT2D eigenvalue weighted by Crippen LogP contribution is 2.67. The van der Waals surface area contributed by atoms with Crippen LogP contribution in [0.5, 0.6) is 0 Å². The van der Waals surface area contributed by atoms with Crippen molar-refractivity contribution in [3.05, 3.63) is 0 Å². The molecule has 0 radical (unpaired) electrons. The van der Waals surface area contributed by atoms with Crippen LogP contribution in [0.1, 0.15) is 79.1 Å². The molecule has 28 heavy (non-hydrogen) atoms. The van der Waals surface area contributed by atoms with E-state index in [9.17, 15) is 9.90 Å². The van der Waals surface area contributed by atoms with Gasteiger partial charge in [-0.25, -0.2) is 0 Å². The fraction of sp³-hybridized carbons (Fsp3) is 0.913. The van der Waals surface area contributed by atoms with Crippen LogP contribution in [-0.4, -0.2) is 34.9 Å². The summed E-state index contributed by atoms with van der Waals surface area (Å²) in [5.41, 5.74) is 5.77. The van der Waals surface area contributed by atoms with Gasteiger partial charge in [-0.15, -0.1) is 0 Å². The minimum absolute atomic E-state index is 0.0404. The molecule has 0 aromatic heterocycles. The predicted molar refractivity (Wildman–Crippen MR) is 110 cm³/mol. The highest BCUT2D eigenvalue weighted by molar-refractivity contribution is 5.87. The lowest BCUT2D eigenvalue weighted by Gasteiger charge is -2.65. The number of carbonyl (C=O) groups is 1. The number of hydrogen-bond acceptors (Lipinski definition) is 5. The first-order valence-corrected chi connectivity index (χ1v) is 11.3. The highest BCUT2D eigenvalue weighted by Gasteiger charge is 2.66. The molecule has 0 aromatic carbocycles. The van der Waals surface area contributed by atoms with Crippen molar-refractivity contribution in [2.75, 3.05) is 6.61 Å². The minimum atomic E-state index is -0.737. The molecule has 0 bridgehead atoms. The number of ketones is 1. The van der Waals surface area contributed by atoms with E-state index in [2.05, 4.69) is 25.9 Å². The van der Waals surface area contributed by atoms with Crippen LogP contribution in [0.2, 0.25) is 0 Å². The summed E-state index contributed by atoms with van der Waals surface area (Å²) < 4.78 is 0. The molecule has 4 rings (SSSR count). The summed E-state index contributed by atoms with van der Waals surface area (Å²) in [6.45, 7) is 9.06. The van der Waals surface area contributed by atoms with Crippen LogP contribution in [0.25, 0.3) is 0 Å². The van der Waals surface area contributed by atoms with Gasteiger partial charge in [0.05, 0.1) is 11.3 Å². The molecule has 0 heterocycles. The van der Waals surface area contributed by atoms with Crippen molar-refractivity contribution < 1.29 is 14.7 Å². The summed E-state index contributed by atoms with van der Waals surface area (Å²) in [7, 11) is 0. The van der Waals surface area contributed by atoms with Crippen molar-refractivity contribution in [3.63, 3.8) is 0 Å². The van der Waals surface area contributed by atoms with Gasteiger partial charge < -0.3 is 15.7 Å². The maximum absolute atomic E-state index is 12.6. The molecule has 4 saturated carbocycles. The molecule has 5 nitrogen and oxygen atoms in total. The number of fused-ring (bicyclic) bond motifs is 5. The van der Waals surface area contributed by atoms with E-state index in [0.717, 1.165) is 50.7 Å². The van der Waals surface area contributed by atoms with Crippen LogP contribution in [0.15, 0.2) is 5.16 Å². The summed E-state index contributed by atoms with van der Waals surface area (Å²) >= 11 is 0. The summed E-state index contributed by atoms with van der Waals surface area (Å²) in [4.78, 5) is 18.0. The van der Waals surface area contributed by atoms with Gasteiger partial charge in [-0.3, -0.25) is 4.79 Å². The summed E-state index contributed by atoms with van der Waals surface area (Å²) in [6, 6.07) is -0.0404. The van der Waals surface area contributed by atoms with Gasteiger partial charge in [-0.1, -0.05) is 25.9 Å². The number of rotatable bonds is 3. The van der Waals surface area contributed by atoms with Crippen LogP contribution in [0.3, 0.4) is 0 Å². The number of nitrogens with two attached hydrogens (primary N) is 1. The SMILES string of the molecule is CC(N)CO/N=C1/CC[C@]2(C)[C@H]3CC[C@]4(C)C(=O)CC[C@H]4[C@@H]3C[C@H](C)[C@@]2(O)C1. The fourth-order valence-electron chi connectivity index (χ4n) is 7.57. The van der Waals surface area contributed by atoms with Gasteiger partial charge in [0.2, 0.25) is 0 Å². The van der Waals surface area contributed by atoms with Crippen molar-refractivity contribution in [2.45, 2.75) is 90.7 Å². The Morgan fingerprint density at radius 3 is 2.71 bits per heavy atom. The third-order valence-corrected chi connectivity index (χ3v) is 9.33. The van der Waals surface area contributed by atoms with Crippen LogP contribution in [0, 0.1) is 34.5 Å². The van der Waals surface area contributed by atoms with Gasteiger partial charge >= 0.3 is 0 Å². The molecular weight excluding hydrogens is 352 g/mol. The van der Waals surface area contributed by atoms with Gasteiger partial charge in [0.15, 0.2) is 0 Å². The Morgan fingerprint density at radius 1 is 1.25 bits per heavy atom. The zero-order valence-corrected chi connectivity index (χ0v) is 18.0. The summed E-state index contributed by atoms with van der Waals surface area (Å²) in [6.07, 6.45) is 7.34. The second kappa shape index (κ2) is 6.80. The lowest BCUT2D eigenvalue weighted by molar-refractivity contribution is -0.214. The van der Waals surface area contributed by atoms with E-state index in [0.29, 0.717) is 36.6 Å². The zero-order valence-electron chi connectivity index (χ0n) is 18.0. The number of carbonyl (C=O) groups excluding carboxylic acids is 1. The van der Waals surface area contributed by atoms with Crippen LogP contribution < -0.4 is 5.73 Å². The van der Waals surface area contributed by atoms with Crippen molar-refractivity contribution in [1.82, 2.24) is 0 Å². The van der Waals surface area contributed by atoms with E-state index < -0.39 is 5.60 Å². The number of aliphatic hydroxyl groups is 1. The van der Waals surface area contributed by atoms with Gasteiger partial charge in [0.1, 0.15) is 12.4 Å². The van der Waals surface area contributed by atoms with Crippen molar-refractivity contribution in [1.29, 1.82) is 0 Å². The normalized spacial score (nSPS) is 50.6. The van der Waals surface area contributed by atoms with E-state index >= 15 is 0 Å². The molecule has 0 saturated heterocycles. The lowest BCUT2D eigenvalue weighted by Crippen LogP contribution is -2.65. The van der Waals surface area contributed by atoms with Gasteiger partial charge in [-0.2, -0.15) is 0 Å². The number of Topliss-reactive ketones (excluding diaryl/α,β-unsaturated/α-hetero) is 1. The molecule has 8 atom stereocenters. The standard InChI is InChI=1S/C23H38N2O3/c1-14-11-17-18-5-6-20(26)21(18,3)9-8-19(17)22(4)10-7-16(12-23(14,22)27)25-28-13-15(2)24/h14-15,17-19,27H,5-13,24H2,1-4H3/b25-16-/t14-,15?,17-,18-,19-,21-,22+,23-/m0/s1. The maximum Gasteiger partial charge on any atom is 0.139 e. The molecule has 5 heteroatoms. The fourth-order valence-corrected chi connectivity index (χ4v) is 7.57. The van der Waals surface area contributed by atoms with Gasteiger partial charge in [-0.05, 0) is 69.1 Å². The first-order chi connectivity index (χ1) is 13.1. The van der Waals surface area contributed by atoms with Crippen molar-refractivity contribution >= 4 is 11.5 Å². The Balaban J connectivity index is 1.59. The first kappa shape index (κ1) is 20.3. The topological polar surface area (TPSA) is 84.9 Å². The van der Waals surface area contributed by atoms with E-state index in [-0.39, 0.29) is 22.8 Å². The Bertz CT molecular complexity index is 677. The van der Waals surface area contributed by atoms with Crippen molar-refractivity contribution in [2.24, 2.45) is 45.4 Å². The van der Waals surface area contributed by atoms with E-state index in [1.165, 1.54) is 0 Å². The quantitative estimate of drug-likeness (QED) is 0.720. The summed E-state index contributed by atoms with van der Waals surface area (Å²) in [5, 5.41) is 16.3. The number of hydrogen-bond donors (Lipinski definition) is 2. The Kier molecular flexibility index (Phi) is 4.94. The molecule has 4 fully saturated rings. The molecule has 0 aromatic rings. The Morgan fingerprint density at radius 2 is 2.00 bits per heavy atom. The molecule has 1 unspecified atom stereocenters. The van der Waals surface area contributed by atoms with E-state index in [1.54, 1.807) is 0 Å². The molecular formula is C23H38N2O3. The highest BCUT2D eigenvalue weighted by atomic mass is 16.6. The average Bonchev–Trinajstić information content (AvgIpc) is 2.93. The lowest BCUT2D eigenvalue weighted by atomic mass is 9.41. The molecule has 0 aliphatic heterocycles. The maximum atomic E-state index is 12.6. The smallest absolute Gasteiger partial charge is 0.139 e. The molecule has 158 valence electrons. The predicted octanol–water partition coefficient (Wildman–Crippen LogP) is 3.68. The average molecular weight is 391 g/mol. The first-order valence-electron chi connectivity index (χ1n) is 11.3. The van der Waals surface area contributed by atoms with Crippen LogP contribution >= 0.6 is 0 Å². The summed E-state index contributed by atoms with van der Waals surface area (Å²) in [5.74, 6) is 2.27. The molecule has 0 spiro atoms. The van der Waals surface area contributed by atoms with Gasteiger partial charge in [0.25, 0.3) is 0 Å². The van der Waals surface area contributed by atoms with Crippen LogP contribution in [0.4, 0.5) is 0 Å². The molecule has 4 aliphatic rings. The Labute approximate surface area is 169 Å². The number of oxime groups is 1. The third kappa shape index (κ3) is 2.79. The molecule has 4 aliphatic carbocycles. The van der Waals surface area contributed by atoms with E-state index in [1.807, 2.05) is 6.92 Å². The monoisotopic (exact) mass is 390 g/mol. The van der Waals surface area contributed by atoms with Gasteiger partial charge in [0, 0.05) is 29.7 Å². The van der Waals surface area contributed by atoms with E-state index in [4.69, 9.17) is 10.6 Å². The Hall–Kier alpha value is -0.940. The molecule has 3 N–H and O–H groups in total. The largest absolute Gasteiger partial charge is 0.394 e. The zero-order chi connectivity index (χ0) is 20.3. The second-order valence-corrected chi connectivity index (χ2v) is 10.9. The third-order valence-electron chi connectivity index (χ3n) is 9.33. The minimum Gasteiger partial charge on any atom is -0.394 e. The van der Waals surface area contributed by atoms with Crippen molar-refractivity contribution in [3.8, 4) is 0 Å². The molecule has 0 amide bonds. The van der Waals surface area contributed by atoms with Crippen LogP contribution in [-0.2, 0) is 9.63 Å². The number of nitrogens with zero attached hydrogens (tertiary/aromatic N) is 1.